The van der Waals surface area contributed by atoms with Crippen molar-refractivity contribution in [1.82, 2.24) is 4.98 Å². The van der Waals surface area contributed by atoms with Gasteiger partial charge in [0.25, 0.3) is 0 Å². The van der Waals surface area contributed by atoms with Gasteiger partial charge in [0.1, 0.15) is 5.82 Å². The van der Waals surface area contributed by atoms with Gasteiger partial charge in [-0.1, -0.05) is 19.3 Å². The van der Waals surface area contributed by atoms with Crippen molar-refractivity contribution in [2.45, 2.75) is 44.6 Å². The first-order valence-corrected chi connectivity index (χ1v) is 6.54. The molecule has 2 rings (SSSR count). The van der Waals surface area contributed by atoms with Crippen molar-refractivity contribution in [1.29, 1.82) is 0 Å². The summed E-state index contributed by atoms with van der Waals surface area (Å²) >= 11 is 6.14. The highest BCUT2D eigenvalue weighted by Gasteiger charge is 2.31. The number of pyridine rings is 1. The van der Waals surface area contributed by atoms with E-state index < -0.39 is 0 Å². The minimum atomic E-state index is 0.0700. The van der Waals surface area contributed by atoms with Crippen LogP contribution >= 0.6 is 11.6 Å². The number of halogens is 1. The third-order valence-corrected chi connectivity index (χ3v) is 3.89. The second-order valence-corrected chi connectivity index (χ2v) is 5.09. The van der Waals surface area contributed by atoms with Crippen LogP contribution in [0, 0.1) is 6.92 Å². The lowest BCUT2D eigenvalue weighted by molar-refractivity contribution is 0.352. The van der Waals surface area contributed by atoms with E-state index in [-0.39, 0.29) is 5.54 Å². The van der Waals surface area contributed by atoms with E-state index in [1.54, 1.807) is 0 Å². The van der Waals surface area contributed by atoms with Crippen LogP contribution in [0.2, 0.25) is 0 Å². The molecular weight excluding hydrogens is 220 g/mol. The molecule has 1 aromatic rings. The molecule has 0 aromatic carbocycles. The third-order valence-electron chi connectivity index (χ3n) is 3.38. The molecule has 1 fully saturated rings. The highest BCUT2D eigenvalue weighted by atomic mass is 35.5. The van der Waals surface area contributed by atoms with Gasteiger partial charge in [-0.2, -0.15) is 0 Å². The van der Waals surface area contributed by atoms with Crippen LogP contribution in [0.4, 0.5) is 5.82 Å². The number of nitrogens with one attached hydrogen (secondary N) is 1. The molecule has 0 bridgehead atoms. The Balaban J connectivity index is 2.11. The number of hydrogen-bond acceptors (Lipinski definition) is 2. The van der Waals surface area contributed by atoms with E-state index in [9.17, 15) is 0 Å². The first-order chi connectivity index (χ1) is 7.74. The summed E-state index contributed by atoms with van der Waals surface area (Å²) in [6.45, 7) is 2.08. The fraction of sp³-hybridized carbons (Fsp3) is 0.615. The molecule has 1 saturated carbocycles. The largest absolute Gasteiger partial charge is 0.363 e. The van der Waals surface area contributed by atoms with E-state index in [4.69, 9.17) is 11.6 Å². The molecule has 0 amide bonds. The third kappa shape index (κ3) is 2.67. The summed E-state index contributed by atoms with van der Waals surface area (Å²) in [7, 11) is 0. The Morgan fingerprint density at radius 1 is 1.38 bits per heavy atom. The summed E-state index contributed by atoms with van der Waals surface area (Å²) < 4.78 is 0. The van der Waals surface area contributed by atoms with Crippen LogP contribution in [-0.2, 0) is 0 Å². The van der Waals surface area contributed by atoms with Crippen LogP contribution < -0.4 is 5.32 Å². The van der Waals surface area contributed by atoms with Crippen LogP contribution in [-0.4, -0.2) is 16.4 Å². The molecule has 88 valence electrons. The molecule has 0 spiro atoms. The van der Waals surface area contributed by atoms with Gasteiger partial charge in [0, 0.05) is 12.1 Å². The van der Waals surface area contributed by atoms with Gasteiger partial charge in [-0.25, -0.2) is 4.98 Å². The Kier molecular flexibility index (Phi) is 3.70. The van der Waals surface area contributed by atoms with Crippen LogP contribution in [0.15, 0.2) is 18.3 Å². The molecule has 0 aliphatic heterocycles. The minimum Gasteiger partial charge on any atom is -0.363 e. The highest BCUT2D eigenvalue weighted by molar-refractivity contribution is 6.18. The first-order valence-electron chi connectivity index (χ1n) is 6.01. The van der Waals surface area contributed by atoms with Crippen molar-refractivity contribution in [2.75, 3.05) is 11.2 Å². The van der Waals surface area contributed by atoms with Gasteiger partial charge in [-0.3, -0.25) is 0 Å². The summed E-state index contributed by atoms with van der Waals surface area (Å²) in [5.74, 6) is 1.63. The molecule has 1 aromatic heterocycles. The molecular formula is C13H19ClN2. The smallest absolute Gasteiger partial charge is 0.126 e. The lowest BCUT2D eigenvalue weighted by Crippen LogP contribution is -2.42. The zero-order valence-electron chi connectivity index (χ0n) is 9.80. The lowest BCUT2D eigenvalue weighted by Gasteiger charge is -2.37. The van der Waals surface area contributed by atoms with Gasteiger partial charge < -0.3 is 5.32 Å². The number of anilines is 1. The molecule has 2 nitrogen and oxygen atoms in total. The van der Waals surface area contributed by atoms with Crippen molar-refractivity contribution >= 4 is 17.4 Å². The predicted molar refractivity (Wildman–Crippen MR) is 69.1 cm³/mol. The van der Waals surface area contributed by atoms with E-state index in [1.807, 2.05) is 12.3 Å². The molecule has 0 radical (unpaired) electrons. The molecule has 0 saturated heterocycles. The van der Waals surface area contributed by atoms with Crippen molar-refractivity contribution in [3.8, 4) is 0 Å². The maximum atomic E-state index is 6.14. The van der Waals surface area contributed by atoms with Gasteiger partial charge in [-0.05, 0) is 37.5 Å². The number of rotatable bonds is 3. The maximum Gasteiger partial charge on any atom is 0.126 e. The number of hydrogen-bond donors (Lipinski definition) is 1. The van der Waals surface area contributed by atoms with Crippen LogP contribution in [0.3, 0.4) is 0 Å². The first kappa shape index (κ1) is 11.7. The SMILES string of the molecule is Cc1ccnc(NC2(CCl)CCCCC2)c1. The van der Waals surface area contributed by atoms with Crippen LogP contribution in [0.25, 0.3) is 0 Å². The summed E-state index contributed by atoms with van der Waals surface area (Å²) in [5.41, 5.74) is 1.30. The average Bonchev–Trinajstić information content (AvgIpc) is 2.30. The Bertz CT molecular complexity index is 346. The minimum absolute atomic E-state index is 0.0700. The molecule has 1 N–H and O–H groups in total. The van der Waals surface area contributed by atoms with E-state index in [0.717, 1.165) is 18.7 Å². The van der Waals surface area contributed by atoms with E-state index in [2.05, 4.69) is 23.3 Å². The molecule has 1 aliphatic carbocycles. The zero-order chi connectivity index (χ0) is 11.4. The second kappa shape index (κ2) is 5.05. The molecule has 0 atom stereocenters. The Morgan fingerprint density at radius 2 is 2.12 bits per heavy atom. The monoisotopic (exact) mass is 238 g/mol. The van der Waals surface area contributed by atoms with Gasteiger partial charge in [0.15, 0.2) is 0 Å². The topological polar surface area (TPSA) is 24.9 Å². The average molecular weight is 239 g/mol. The second-order valence-electron chi connectivity index (χ2n) is 4.82. The lowest BCUT2D eigenvalue weighted by atomic mass is 9.83. The van der Waals surface area contributed by atoms with E-state index >= 15 is 0 Å². The predicted octanol–water partition coefficient (Wildman–Crippen LogP) is 3.74. The molecule has 0 unspecified atom stereocenters. The number of aryl methyl sites for hydroxylation is 1. The van der Waals surface area contributed by atoms with Crippen molar-refractivity contribution < 1.29 is 0 Å². The molecule has 1 heterocycles. The number of nitrogens with zero attached hydrogens (tertiary/aromatic N) is 1. The zero-order valence-corrected chi connectivity index (χ0v) is 10.6. The number of aromatic nitrogens is 1. The van der Waals surface area contributed by atoms with E-state index in [0.29, 0.717) is 5.88 Å². The van der Waals surface area contributed by atoms with Gasteiger partial charge in [-0.15, -0.1) is 11.6 Å². The molecule has 1 aliphatic rings. The summed E-state index contributed by atoms with van der Waals surface area (Å²) in [6, 6.07) is 4.10. The quantitative estimate of drug-likeness (QED) is 0.812. The van der Waals surface area contributed by atoms with Crippen LogP contribution in [0.5, 0.6) is 0 Å². The Hall–Kier alpha value is -0.760. The van der Waals surface area contributed by atoms with E-state index in [1.165, 1.54) is 24.8 Å². The van der Waals surface area contributed by atoms with Gasteiger partial charge in [0.2, 0.25) is 0 Å². The normalized spacial score (nSPS) is 19.4. The fourth-order valence-corrected chi connectivity index (χ4v) is 2.73. The summed E-state index contributed by atoms with van der Waals surface area (Å²) in [4.78, 5) is 4.36. The van der Waals surface area contributed by atoms with Crippen LogP contribution in [0.1, 0.15) is 37.7 Å². The van der Waals surface area contributed by atoms with Crippen molar-refractivity contribution in [2.24, 2.45) is 0 Å². The Morgan fingerprint density at radius 3 is 2.75 bits per heavy atom. The molecule has 16 heavy (non-hydrogen) atoms. The summed E-state index contributed by atoms with van der Waals surface area (Å²) in [6.07, 6.45) is 8.04. The van der Waals surface area contributed by atoms with Crippen molar-refractivity contribution in [3.05, 3.63) is 23.9 Å². The Labute approximate surface area is 102 Å². The summed E-state index contributed by atoms with van der Waals surface area (Å²) in [5, 5.41) is 3.54. The van der Waals surface area contributed by atoms with Crippen molar-refractivity contribution in [3.63, 3.8) is 0 Å². The van der Waals surface area contributed by atoms with Gasteiger partial charge in [0.05, 0.1) is 5.54 Å². The fourth-order valence-electron chi connectivity index (χ4n) is 2.40. The standard InChI is InChI=1S/C13H19ClN2/c1-11-5-8-15-12(9-11)16-13(10-14)6-3-2-4-7-13/h5,8-9H,2-4,6-7,10H2,1H3,(H,15,16). The van der Waals surface area contributed by atoms with Gasteiger partial charge >= 0.3 is 0 Å². The maximum absolute atomic E-state index is 6.14. The highest BCUT2D eigenvalue weighted by Crippen LogP contribution is 2.32. The molecule has 3 heteroatoms. The number of alkyl halides is 1.